The van der Waals surface area contributed by atoms with Gasteiger partial charge in [0.25, 0.3) is 10.0 Å². The summed E-state index contributed by atoms with van der Waals surface area (Å²) in [7, 11) is -3.69. The molecule has 1 fully saturated rings. The van der Waals surface area contributed by atoms with Gasteiger partial charge in [-0.3, -0.25) is 4.79 Å². The maximum Gasteiger partial charge on any atom is 0.252 e. The molecule has 0 spiro atoms. The molecular weight excluding hydrogens is 424 g/mol. The third-order valence-electron chi connectivity index (χ3n) is 5.02. The number of carbonyl (C=O) groups excluding carboxylic acids is 1. The van der Waals surface area contributed by atoms with Crippen molar-refractivity contribution in [3.63, 3.8) is 0 Å². The van der Waals surface area contributed by atoms with Crippen molar-refractivity contribution in [1.82, 2.24) is 19.8 Å². The minimum atomic E-state index is -3.69. The molecule has 1 saturated heterocycles. The quantitative estimate of drug-likeness (QED) is 0.624. The van der Waals surface area contributed by atoms with Crippen molar-refractivity contribution < 1.29 is 17.7 Å². The van der Waals surface area contributed by atoms with Gasteiger partial charge in [0.2, 0.25) is 17.6 Å². The van der Waals surface area contributed by atoms with Crippen molar-refractivity contribution >= 4 is 27.3 Å². The van der Waals surface area contributed by atoms with Crippen LogP contribution in [0.1, 0.15) is 24.3 Å². The Hall–Kier alpha value is -2.56. The Morgan fingerprint density at radius 3 is 2.87 bits per heavy atom. The molecule has 1 aliphatic heterocycles. The first kappa shape index (κ1) is 20.7. The molecule has 30 heavy (non-hydrogen) atoms. The van der Waals surface area contributed by atoms with Crippen LogP contribution in [0.15, 0.2) is 50.5 Å². The zero-order chi connectivity index (χ0) is 21.1. The lowest BCUT2D eigenvalue weighted by molar-refractivity contribution is -0.126. The maximum absolute atomic E-state index is 13.1. The Labute approximate surface area is 179 Å². The summed E-state index contributed by atoms with van der Waals surface area (Å²) in [6.07, 6.45) is 1.31. The number of piperidine rings is 1. The van der Waals surface area contributed by atoms with Crippen LogP contribution in [0.4, 0.5) is 0 Å². The van der Waals surface area contributed by atoms with Crippen molar-refractivity contribution in [2.24, 2.45) is 5.92 Å². The van der Waals surface area contributed by atoms with Crippen molar-refractivity contribution in [2.75, 3.05) is 13.1 Å². The van der Waals surface area contributed by atoms with Crippen LogP contribution in [-0.4, -0.2) is 41.9 Å². The van der Waals surface area contributed by atoms with Gasteiger partial charge in [0.1, 0.15) is 4.21 Å². The molecule has 0 unspecified atom stereocenters. The second-order valence-corrected chi connectivity index (χ2v) is 10.3. The fraction of sp³-hybridized carbons (Fsp3) is 0.350. The van der Waals surface area contributed by atoms with E-state index in [1.807, 2.05) is 30.3 Å². The number of benzene rings is 1. The first-order chi connectivity index (χ1) is 14.4. The Balaban J connectivity index is 1.43. The van der Waals surface area contributed by atoms with E-state index in [2.05, 4.69) is 15.5 Å². The molecule has 3 aromatic rings. The van der Waals surface area contributed by atoms with E-state index in [1.54, 1.807) is 18.4 Å². The highest BCUT2D eigenvalue weighted by molar-refractivity contribution is 7.91. The number of nitrogens with one attached hydrogen (secondary N) is 1. The van der Waals surface area contributed by atoms with Gasteiger partial charge in [0.15, 0.2) is 0 Å². The molecular formula is C20H22N4O4S2. The maximum atomic E-state index is 13.1. The van der Waals surface area contributed by atoms with Crippen molar-refractivity contribution in [2.45, 2.75) is 30.5 Å². The number of nitrogens with zero attached hydrogens (tertiary/aromatic N) is 3. The van der Waals surface area contributed by atoms with Crippen LogP contribution in [0.5, 0.6) is 0 Å². The summed E-state index contributed by atoms with van der Waals surface area (Å²) in [6, 6.07) is 11.2. The standard InChI is InChI=1S/C20H22N4O4S2/c1-14-22-19(23-28-14)17-10-18(29-13-17)30(26,27)24-9-5-8-16(12-24)20(25)21-11-15-6-3-2-4-7-15/h2-4,6-7,10,13,16H,5,8-9,11-12H2,1H3,(H,21,25)/t16-/m0/s1. The van der Waals surface area contributed by atoms with Gasteiger partial charge >= 0.3 is 0 Å². The molecule has 0 aliphatic carbocycles. The first-order valence-corrected chi connectivity index (χ1v) is 12.0. The van der Waals surface area contributed by atoms with E-state index >= 15 is 0 Å². The van der Waals surface area contributed by atoms with Gasteiger partial charge in [0, 0.05) is 37.5 Å². The van der Waals surface area contributed by atoms with Gasteiger partial charge in [-0.15, -0.1) is 11.3 Å². The lowest BCUT2D eigenvalue weighted by Gasteiger charge is -2.30. The predicted octanol–water partition coefficient (Wildman–Crippen LogP) is 2.82. The number of aryl methyl sites for hydroxylation is 1. The molecule has 2 aromatic heterocycles. The van der Waals surface area contributed by atoms with Crippen LogP contribution in [-0.2, 0) is 21.4 Å². The van der Waals surface area contributed by atoms with Crippen LogP contribution in [0.2, 0.25) is 0 Å². The molecule has 1 atom stereocenters. The molecule has 3 heterocycles. The van der Waals surface area contributed by atoms with E-state index in [0.717, 1.165) is 16.9 Å². The average molecular weight is 447 g/mol. The minimum absolute atomic E-state index is 0.118. The number of thiophene rings is 1. The number of sulfonamides is 1. The molecule has 8 nitrogen and oxygen atoms in total. The Morgan fingerprint density at radius 1 is 1.33 bits per heavy atom. The van der Waals surface area contributed by atoms with E-state index in [9.17, 15) is 13.2 Å². The summed E-state index contributed by atoms with van der Waals surface area (Å²) in [4.78, 5) is 16.8. The topological polar surface area (TPSA) is 105 Å². The van der Waals surface area contributed by atoms with Gasteiger partial charge in [-0.1, -0.05) is 35.5 Å². The number of hydrogen-bond donors (Lipinski definition) is 1. The number of amides is 1. The lowest BCUT2D eigenvalue weighted by atomic mass is 9.99. The van der Waals surface area contributed by atoms with E-state index in [4.69, 9.17) is 4.52 Å². The molecule has 1 N–H and O–H groups in total. The zero-order valence-corrected chi connectivity index (χ0v) is 18.1. The van der Waals surface area contributed by atoms with Gasteiger partial charge < -0.3 is 9.84 Å². The third kappa shape index (κ3) is 4.45. The van der Waals surface area contributed by atoms with E-state index in [1.165, 1.54) is 4.31 Å². The Kier molecular flexibility index (Phi) is 5.98. The second-order valence-electron chi connectivity index (χ2n) is 7.20. The molecule has 1 aliphatic rings. The largest absolute Gasteiger partial charge is 0.352 e. The van der Waals surface area contributed by atoms with E-state index < -0.39 is 10.0 Å². The van der Waals surface area contributed by atoms with Crippen LogP contribution < -0.4 is 5.32 Å². The number of carbonyl (C=O) groups is 1. The van der Waals surface area contributed by atoms with Crippen LogP contribution in [0.3, 0.4) is 0 Å². The van der Waals surface area contributed by atoms with Crippen LogP contribution in [0, 0.1) is 12.8 Å². The molecule has 1 aromatic carbocycles. The van der Waals surface area contributed by atoms with Crippen LogP contribution in [0.25, 0.3) is 11.4 Å². The van der Waals surface area contributed by atoms with Gasteiger partial charge in [-0.05, 0) is 24.5 Å². The normalized spacial score (nSPS) is 17.7. The van der Waals surface area contributed by atoms with Gasteiger partial charge in [-0.2, -0.15) is 9.29 Å². The lowest BCUT2D eigenvalue weighted by Crippen LogP contribution is -2.45. The molecule has 0 bridgehead atoms. The fourth-order valence-electron chi connectivity index (χ4n) is 3.42. The van der Waals surface area contributed by atoms with E-state index in [0.29, 0.717) is 43.2 Å². The first-order valence-electron chi connectivity index (χ1n) is 9.64. The molecule has 1 amide bonds. The minimum Gasteiger partial charge on any atom is -0.352 e. The number of hydrogen-bond acceptors (Lipinski definition) is 7. The van der Waals surface area contributed by atoms with E-state index in [-0.39, 0.29) is 22.6 Å². The fourth-order valence-corrected chi connectivity index (χ4v) is 6.25. The third-order valence-corrected chi connectivity index (χ3v) is 8.30. The van der Waals surface area contributed by atoms with Crippen molar-refractivity contribution in [3.05, 3.63) is 53.2 Å². The van der Waals surface area contributed by atoms with Gasteiger partial charge in [0.05, 0.1) is 5.92 Å². The smallest absolute Gasteiger partial charge is 0.252 e. The molecule has 0 radical (unpaired) electrons. The molecule has 0 saturated carbocycles. The molecule has 10 heteroatoms. The summed E-state index contributed by atoms with van der Waals surface area (Å²) in [5.41, 5.74) is 1.61. The van der Waals surface area contributed by atoms with Crippen molar-refractivity contribution in [3.8, 4) is 11.4 Å². The summed E-state index contributed by atoms with van der Waals surface area (Å²) in [5.74, 6) is 0.299. The highest BCUT2D eigenvalue weighted by Gasteiger charge is 2.34. The highest BCUT2D eigenvalue weighted by Crippen LogP contribution is 2.31. The molecule has 158 valence electrons. The molecule has 4 rings (SSSR count). The number of aromatic nitrogens is 2. The highest BCUT2D eigenvalue weighted by atomic mass is 32.2. The SMILES string of the molecule is Cc1nc(-c2csc(S(=O)(=O)N3CCC[C@H](C(=O)NCc4ccccc4)C3)c2)no1. The number of rotatable bonds is 6. The summed E-state index contributed by atoms with van der Waals surface area (Å²) in [6.45, 7) is 2.69. The van der Waals surface area contributed by atoms with Gasteiger partial charge in [-0.25, -0.2) is 8.42 Å². The summed E-state index contributed by atoms with van der Waals surface area (Å²) in [5, 5.41) is 8.46. The summed E-state index contributed by atoms with van der Waals surface area (Å²) < 4.78 is 32.8. The summed E-state index contributed by atoms with van der Waals surface area (Å²) >= 11 is 1.12. The Morgan fingerprint density at radius 2 is 2.13 bits per heavy atom. The second kappa shape index (κ2) is 8.66. The average Bonchev–Trinajstić information content (AvgIpc) is 3.42. The monoisotopic (exact) mass is 446 g/mol. The van der Waals surface area contributed by atoms with Crippen molar-refractivity contribution in [1.29, 1.82) is 0 Å². The van der Waals surface area contributed by atoms with Crippen LogP contribution >= 0.6 is 11.3 Å². The Bertz CT molecular complexity index is 1120. The predicted molar refractivity (Wildman–Crippen MR) is 112 cm³/mol. The zero-order valence-electron chi connectivity index (χ0n) is 16.4.